The van der Waals surface area contributed by atoms with Crippen LogP contribution in [0.2, 0.25) is 25.7 Å². The van der Waals surface area contributed by atoms with Gasteiger partial charge in [0.05, 0.1) is 25.1 Å². The van der Waals surface area contributed by atoms with Crippen molar-refractivity contribution in [3.63, 3.8) is 0 Å². The van der Waals surface area contributed by atoms with Crippen molar-refractivity contribution in [2.75, 3.05) is 12.3 Å². The summed E-state index contributed by atoms with van der Waals surface area (Å²) in [5.74, 6) is 0. The smallest absolute Gasteiger partial charge is 0.141 e. The number of nitrogens with two attached hydrogens (primary N) is 1. The maximum atomic E-state index is 9.52. The zero-order valence-electron chi connectivity index (χ0n) is 19.2. The molecule has 0 fully saturated rings. The molecule has 0 aliphatic heterocycles. The highest BCUT2D eigenvalue weighted by molar-refractivity contribution is 6.76. The Hall–Kier alpha value is -3.48. The average molecular weight is 460 g/mol. The van der Waals surface area contributed by atoms with Crippen molar-refractivity contribution in [2.45, 2.75) is 44.8 Å². The van der Waals surface area contributed by atoms with E-state index in [4.69, 9.17) is 15.6 Å². The maximum Gasteiger partial charge on any atom is 0.141 e. The first-order chi connectivity index (χ1) is 15.9. The predicted octanol–water partition coefficient (Wildman–Crippen LogP) is 4.76. The van der Waals surface area contributed by atoms with Gasteiger partial charge in [-0.25, -0.2) is 9.97 Å². The second kappa shape index (κ2) is 9.56. The number of hydrogen-bond acceptors (Lipinski definition) is 6. The first-order valence-corrected chi connectivity index (χ1v) is 14.7. The van der Waals surface area contributed by atoms with Crippen LogP contribution in [0.5, 0.6) is 0 Å². The number of nitrogens with zero attached hydrogens (tertiary/aromatic N) is 5. The van der Waals surface area contributed by atoms with Gasteiger partial charge in [-0.05, 0) is 29.8 Å². The molecule has 0 spiro atoms. The first-order valence-electron chi connectivity index (χ1n) is 11.0. The van der Waals surface area contributed by atoms with E-state index in [-0.39, 0.29) is 12.5 Å². The largest absolute Gasteiger partial charge is 0.399 e. The van der Waals surface area contributed by atoms with Crippen LogP contribution in [0.15, 0.2) is 49.1 Å². The van der Waals surface area contributed by atoms with E-state index < -0.39 is 8.07 Å². The molecule has 3 N–H and O–H groups in total. The third-order valence-corrected chi connectivity index (χ3v) is 7.24. The highest BCUT2D eigenvalue weighted by Crippen LogP contribution is 2.31. The molecule has 1 unspecified atom stereocenters. The minimum absolute atomic E-state index is 0.267. The summed E-state index contributed by atoms with van der Waals surface area (Å²) in [7, 11) is -1.19. The number of benzene rings is 1. The van der Waals surface area contributed by atoms with Gasteiger partial charge in [0.2, 0.25) is 0 Å². The summed E-state index contributed by atoms with van der Waals surface area (Å²) in [6.45, 7) is 8.14. The molecule has 1 atom stereocenters. The molecule has 8 nitrogen and oxygen atoms in total. The lowest BCUT2D eigenvalue weighted by atomic mass is 10.0. The summed E-state index contributed by atoms with van der Waals surface area (Å²) in [5.41, 5.74) is 10.8. The summed E-state index contributed by atoms with van der Waals surface area (Å²) >= 11 is 0. The Morgan fingerprint density at radius 2 is 2.06 bits per heavy atom. The van der Waals surface area contributed by atoms with E-state index in [1.807, 2.05) is 47.4 Å². The molecule has 9 heteroatoms. The van der Waals surface area contributed by atoms with Crippen LogP contribution in [0, 0.1) is 11.3 Å². The van der Waals surface area contributed by atoms with Crippen LogP contribution in [0.25, 0.3) is 22.4 Å². The fourth-order valence-electron chi connectivity index (χ4n) is 3.73. The van der Waals surface area contributed by atoms with Gasteiger partial charge in [-0.1, -0.05) is 31.8 Å². The third-order valence-electron chi connectivity index (χ3n) is 5.54. The van der Waals surface area contributed by atoms with Crippen LogP contribution < -0.4 is 5.73 Å². The molecule has 3 heterocycles. The van der Waals surface area contributed by atoms with Gasteiger partial charge in [0.15, 0.2) is 0 Å². The molecule has 0 saturated carbocycles. The van der Waals surface area contributed by atoms with Crippen molar-refractivity contribution in [3.05, 3.63) is 60.2 Å². The summed E-state index contributed by atoms with van der Waals surface area (Å²) in [6, 6.07) is 12.7. The second-order valence-corrected chi connectivity index (χ2v) is 15.0. The summed E-state index contributed by atoms with van der Waals surface area (Å²) in [5, 5.41) is 15.3. The van der Waals surface area contributed by atoms with E-state index in [0.717, 1.165) is 39.6 Å². The lowest BCUT2D eigenvalue weighted by Crippen LogP contribution is -2.21. The van der Waals surface area contributed by atoms with Gasteiger partial charge in [-0.3, -0.25) is 4.68 Å². The molecule has 0 radical (unpaired) electrons. The van der Waals surface area contributed by atoms with Crippen molar-refractivity contribution in [1.82, 2.24) is 24.7 Å². The van der Waals surface area contributed by atoms with Crippen molar-refractivity contribution >= 4 is 24.8 Å². The molecule has 0 bridgehead atoms. The molecule has 1 aromatic carbocycles. The highest BCUT2D eigenvalue weighted by atomic mass is 28.3. The zero-order chi connectivity index (χ0) is 23.4. The second-order valence-electron chi connectivity index (χ2n) is 9.36. The van der Waals surface area contributed by atoms with Gasteiger partial charge < -0.3 is 15.5 Å². The Balaban J connectivity index is 1.74. The van der Waals surface area contributed by atoms with Crippen LogP contribution >= 0.6 is 0 Å². The molecule has 170 valence electrons. The number of ether oxygens (including phenoxy) is 1. The van der Waals surface area contributed by atoms with Gasteiger partial charge in [0.25, 0.3) is 0 Å². The average Bonchev–Trinajstić information content (AvgIpc) is 3.41. The Labute approximate surface area is 194 Å². The first kappa shape index (κ1) is 22.7. The van der Waals surface area contributed by atoms with E-state index in [1.165, 1.54) is 6.33 Å². The number of nitriles is 1. The van der Waals surface area contributed by atoms with Crippen LogP contribution in [0.4, 0.5) is 5.69 Å². The summed E-state index contributed by atoms with van der Waals surface area (Å²) in [4.78, 5) is 12.0. The number of rotatable bonds is 9. The number of fused-ring (bicyclic) bond motifs is 1. The van der Waals surface area contributed by atoms with E-state index in [2.05, 4.69) is 40.7 Å². The van der Waals surface area contributed by atoms with E-state index in [1.54, 1.807) is 0 Å². The van der Waals surface area contributed by atoms with Gasteiger partial charge in [0.1, 0.15) is 23.4 Å². The van der Waals surface area contributed by atoms with Gasteiger partial charge in [-0.15, -0.1) is 0 Å². The topological polar surface area (TPSA) is 118 Å². The number of aromatic nitrogens is 5. The molecular formula is C24H29N7OSi. The van der Waals surface area contributed by atoms with Crippen molar-refractivity contribution < 1.29 is 4.74 Å². The van der Waals surface area contributed by atoms with Crippen LogP contribution in [-0.2, 0) is 11.3 Å². The molecule has 0 aliphatic carbocycles. The van der Waals surface area contributed by atoms with Crippen molar-refractivity contribution in [3.8, 4) is 17.5 Å². The fourth-order valence-corrected chi connectivity index (χ4v) is 4.49. The van der Waals surface area contributed by atoms with Gasteiger partial charge in [0, 0.05) is 43.7 Å². The highest BCUT2D eigenvalue weighted by Gasteiger charge is 2.22. The van der Waals surface area contributed by atoms with Crippen molar-refractivity contribution in [2.24, 2.45) is 0 Å². The molecule has 4 aromatic rings. The molecule has 0 saturated heterocycles. The summed E-state index contributed by atoms with van der Waals surface area (Å²) < 4.78 is 7.91. The molecular weight excluding hydrogens is 430 g/mol. The van der Waals surface area contributed by atoms with Gasteiger partial charge in [-0.2, -0.15) is 10.4 Å². The number of anilines is 1. The zero-order valence-corrected chi connectivity index (χ0v) is 20.2. The predicted molar refractivity (Wildman–Crippen MR) is 132 cm³/mol. The quantitative estimate of drug-likeness (QED) is 0.212. The lowest BCUT2D eigenvalue weighted by molar-refractivity contribution is 0.133. The molecule has 3 aromatic heterocycles. The Kier molecular flexibility index (Phi) is 6.58. The van der Waals surface area contributed by atoms with Crippen molar-refractivity contribution in [1.29, 1.82) is 5.26 Å². The SMILES string of the molecule is C[Si](C)(C)CCOCc1cn(C(CC#N)c2cccc(N)c2)nc1-c1ncnc2[nH]ccc12. The number of aromatic amines is 1. The van der Waals surface area contributed by atoms with Gasteiger partial charge >= 0.3 is 0 Å². The molecule has 33 heavy (non-hydrogen) atoms. The third kappa shape index (κ3) is 5.30. The minimum Gasteiger partial charge on any atom is -0.399 e. The number of H-pyrrole nitrogens is 1. The molecule has 4 rings (SSSR count). The Morgan fingerprint density at radius 3 is 2.82 bits per heavy atom. The molecule has 0 aliphatic rings. The van der Waals surface area contributed by atoms with Crippen LogP contribution in [0.3, 0.4) is 0 Å². The van der Waals surface area contributed by atoms with Crippen LogP contribution in [-0.4, -0.2) is 39.4 Å². The number of hydrogen-bond donors (Lipinski definition) is 2. The Morgan fingerprint density at radius 1 is 1.21 bits per heavy atom. The fraction of sp³-hybridized carbons (Fsp3) is 0.333. The van der Waals surface area contributed by atoms with E-state index in [9.17, 15) is 5.26 Å². The minimum atomic E-state index is -1.19. The maximum absolute atomic E-state index is 9.52. The monoisotopic (exact) mass is 459 g/mol. The van der Waals surface area contributed by atoms with E-state index >= 15 is 0 Å². The summed E-state index contributed by atoms with van der Waals surface area (Å²) in [6.07, 6.45) is 5.61. The number of nitrogens with one attached hydrogen (secondary N) is 1. The standard InChI is InChI=1S/C24H29N7OSi/c1-33(2,3)12-11-32-15-18-14-31(21(7-9-25)17-5-4-6-19(26)13-17)30-22(18)23-20-8-10-27-24(20)29-16-28-23/h4-6,8,10,13-14,16,21H,7,11-12,15,26H2,1-3H3,(H,27,28,29). The number of nitrogen functional groups attached to an aromatic ring is 1. The molecule has 0 amide bonds. The Bertz CT molecular complexity index is 1280. The lowest BCUT2D eigenvalue weighted by Gasteiger charge is -2.15. The van der Waals surface area contributed by atoms with Crippen LogP contribution in [0.1, 0.15) is 23.6 Å². The van der Waals surface area contributed by atoms with E-state index in [0.29, 0.717) is 18.9 Å². The normalized spacial score (nSPS) is 12.7.